The van der Waals surface area contributed by atoms with Crippen LogP contribution in [0.15, 0.2) is 12.3 Å². The highest BCUT2D eigenvalue weighted by molar-refractivity contribution is 5.94. The highest BCUT2D eigenvalue weighted by Crippen LogP contribution is 2.24. The van der Waals surface area contributed by atoms with Gasteiger partial charge in [0.25, 0.3) is 5.95 Å². The number of carbonyl (C=O) groups excluding carboxylic acids is 1. The summed E-state index contributed by atoms with van der Waals surface area (Å²) in [6.07, 6.45) is 1.61. The average Bonchev–Trinajstić information content (AvgIpc) is 2.92. The van der Waals surface area contributed by atoms with Crippen LogP contribution in [0.4, 0.5) is 5.82 Å². The Labute approximate surface area is 153 Å². The van der Waals surface area contributed by atoms with E-state index in [1.54, 1.807) is 11.6 Å². The van der Waals surface area contributed by atoms with E-state index in [1.807, 2.05) is 33.8 Å². The first-order valence-electron chi connectivity index (χ1n) is 8.87. The van der Waals surface area contributed by atoms with E-state index < -0.39 is 5.97 Å². The summed E-state index contributed by atoms with van der Waals surface area (Å²) in [5, 5.41) is 4.44. The van der Waals surface area contributed by atoms with E-state index in [2.05, 4.69) is 20.0 Å². The first-order valence-corrected chi connectivity index (χ1v) is 8.87. The van der Waals surface area contributed by atoms with Gasteiger partial charge in [0.15, 0.2) is 0 Å². The molecular formula is C18H25N5O3. The number of esters is 1. The third-order valence-corrected chi connectivity index (χ3v) is 4.17. The van der Waals surface area contributed by atoms with Crippen molar-refractivity contribution in [3.05, 3.63) is 29.2 Å². The van der Waals surface area contributed by atoms with Gasteiger partial charge in [0.05, 0.1) is 24.5 Å². The lowest BCUT2D eigenvalue weighted by Crippen LogP contribution is -2.46. The summed E-state index contributed by atoms with van der Waals surface area (Å²) >= 11 is 0. The zero-order valence-corrected chi connectivity index (χ0v) is 15.9. The fraction of sp³-hybridized carbons (Fsp3) is 0.556. The van der Waals surface area contributed by atoms with Crippen LogP contribution >= 0.6 is 0 Å². The van der Waals surface area contributed by atoms with E-state index in [-0.39, 0.29) is 12.2 Å². The summed E-state index contributed by atoms with van der Waals surface area (Å²) in [4.78, 5) is 23.5. The molecule has 140 valence electrons. The molecule has 3 heterocycles. The van der Waals surface area contributed by atoms with Gasteiger partial charge in [-0.1, -0.05) is 0 Å². The predicted octanol–water partition coefficient (Wildman–Crippen LogP) is 2.07. The second kappa shape index (κ2) is 7.41. The zero-order valence-electron chi connectivity index (χ0n) is 15.9. The van der Waals surface area contributed by atoms with Crippen LogP contribution in [0.25, 0.3) is 5.95 Å². The Morgan fingerprint density at radius 1 is 1.31 bits per heavy atom. The fourth-order valence-electron chi connectivity index (χ4n) is 3.24. The number of aryl methyl sites for hydroxylation is 2. The van der Waals surface area contributed by atoms with Gasteiger partial charge in [-0.2, -0.15) is 10.1 Å². The molecule has 0 spiro atoms. The molecule has 0 aliphatic carbocycles. The number of ether oxygens (including phenoxy) is 2. The molecule has 0 amide bonds. The number of carbonyl (C=O) groups is 1. The molecule has 1 fully saturated rings. The zero-order chi connectivity index (χ0) is 18.8. The maximum absolute atomic E-state index is 12.4. The van der Waals surface area contributed by atoms with E-state index in [0.717, 1.165) is 11.4 Å². The van der Waals surface area contributed by atoms with Gasteiger partial charge in [0, 0.05) is 25.0 Å². The summed E-state index contributed by atoms with van der Waals surface area (Å²) in [5.41, 5.74) is 2.18. The Bertz CT molecular complexity index is 794. The van der Waals surface area contributed by atoms with Crippen LogP contribution in [-0.2, 0) is 9.47 Å². The van der Waals surface area contributed by atoms with Gasteiger partial charge < -0.3 is 14.4 Å². The largest absolute Gasteiger partial charge is 0.462 e. The van der Waals surface area contributed by atoms with E-state index in [4.69, 9.17) is 9.47 Å². The normalized spacial score (nSPS) is 20.3. The summed E-state index contributed by atoms with van der Waals surface area (Å²) < 4.78 is 12.7. The van der Waals surface area contributed by atoms with Crippen molar-refractivity contribution in [2.24, 2.45) is 0 Å². The molecule has 2 atom stereocenters. The van der Waals surface area contributed by atoms with Crippen molar-refractivity contribution in [1.29, 1.82) is 0 Å². The van der Waals surface area contributed by atoms with Gasteiger partial charge in [-0.05, 0) is 40.7 Å². The minimum atomic E-state index is -0.422. The molecule has 0 saturated carbocycles. The van der Waals surface area contributed by atoms with Crippen LogP contribution < -0.4 is 4.90 Å². The molecule has 0 bridgehead atoms. The lowest BCUT2D eigenvalue weighted by Gasteiger charge is -2.36. The topological polar surface area (TPSA) is 82.4 Å². The van der Waals surface area contributed by atoms with Crippen LogP contribution in [0.1, 0.15) is 42.5 Å². The van der Waals surface area contributed by atoms with E-state index in [9.17, 15) is 4.79 Å². The number of morpholine rings is 1. The number of hydrogen-bond donors (Lipinski definition) is 0. The lowest BCUT2D eigenvalue weighted by atomic mass is 10.2. The Morgan fingerprint density at radius 2 is 2.00 bits per heavy atom. The van der Waals surface area contributed by atoms with E-state index in [0.29, 0.717) is 37.0 Å². The SMILES string of the molecule is CCOC(=O)c1cnc(-n2nc(C)cc2C)nc1N1C[C@@H](C)O[C@@H](C)C1. The summed E-state index contributed by atoms with van der Waals surface area (Å²) in [6, 6.07) is 1.96. The summed E-state index contributed by atoms with van der Waals surface area (Å²) in [7, 11) is 0. The third kappa shape index (κ3) is 3.70. The number of anilines is 1. The quantitative estimate of drug-likeness (QED) is 0.773. The number of rotatable bonds is 4. The average molecular weight is 359 g/mol. The fourth-order valence-corrected chi connectivity index (χ4v) is 3.24. The maximum Gasteiger partial charge on any atom is 0.343 e. The Hall–Kier alpha value is -2.48. The van der Waals surface area contributed by atoms with Crippen molar-refractivity contribution in [3.8, 4) is 5.95 Å². The second-order valence-corrected chi connectivity index (χ2v) is 6.63. The van der Waals surface area contributed by atoms with Gasteiger partial charge in [-0.15, -0.1) is 0 Å². The van der Waals surface area contributed by atoms with Crippen molar-refractivity contribution in [2.45, 2.75) is 46.8 Å². The molecule has 2 aromatic heterocycles. The molecule has 8 heteroatoms. The molecule has 3 rings (SSSR count). The number of nitrogens with zero attached hydrogens (tertiary/aromatic N) is 5. The maximum atomic E-state index is 12.4. The van der Waals surface area contributed by atoms with E-state index >= 15 is 0 Å². The van der Waals surface area contributed by atoms with Gasteiger partial charge >= 0.3 is 5.97 Å². The third-order valence-electron chi connectivity index (χ3n) is 4.17. The van der Waals surface area contributed by atoms with Crippen molar-refractivity contribution >= 4 is 11.8 Å². The Morgan fingerprint density at radius 3 is 2.58 bits per heavy atom. The number of hydrogen-bond acceptors (Lipinski definition) is 7. The molecule has 0 radical (unpaired) electrons. The van der Waals surface area contributed by atoms with Crippen molar-refractivity contribution in [3.63, 3.8) is 0 Å². The summed E-state index contributed by atoms with van der Waals surface area (Å²) in [5.74, 6) is 0.572. The molecule has 1 saturated heterocycles. The molecule has 26 heavy (non-hydrogen) atoms. The monoisotopic (exact) mass is 359 g/mol. The minimum absolute atomic E-state index is 0.0425. The molecule has 0 aromatic carbocycles. The first kappa shape index (κ1) is 18.3. The van der Waals surface area contributed by atoms with Crippen molar-refractivity contribution < 1.29 is 14.3 Å². The molecule has 1 aliphatic heterocycles. The molecule has 2 aromatic rings. The Kier molecular flexibility index (Phi) is 5.22. The smallest absolute Gasteiger partial charge is 0.343 e. The molecule has 0 N–H and O–H groups in total. The van der Waals surface area contributed by atoms with Crippen LogP contribution in [-0.4, -0.2) is 57.6 Å². The molecular weight excluding hydrogens is 334 g/mol. The van der Waals surface area contributed by atoms with Gasteiger partial charge in [0.1, 0.15) is 11.4 Å². The van der Waals surface area contributed by atoms with Crippen molar-refractivity contribution in [1.82, 2.24) is 19.7 Å². The first-order chi connectivity index (χ1) is 12.4. The van der Waals surface area contributed by atoms with Crippen LogP contribution in [0.5, 0.6) is 0 Å². The molecule has 0 unspecified atom stereocenters. The van der Waals surface area contributed by atoms with Crippen molar-refractivity contribution in [2.75, 3.05) is 24.6 Å². The standard InChI is InChI=1S/C18H25N5O3/c1-6-25-17(24)15-8-19-18(23-12(3)7-11(2)21-23)20-16(15)22-9-13(4)26-14(5)10-22/h7-8,13-14H,6,9-10H2,1-5H3/t13-,14+. The van der Waals surface area contributed by atoms with Crippen LogP contribution in [0.2, 0.25) is 0 Å². The summed E-state index contributed by atoms with van der Waals surface area (Å²) in [6.45, 7) is 11.2. The molecule has 8 nitrogen and oxygen atoms in total. The van der Waals surface area contributed by atoms with Gasteiger partial charge in [-0.3, -0.25) is 0 Å². The van der Waals surface area contributed by atoms with Crippen LogP contribution in [0, 0.1) is 13.8 Å². The highest BCUT2D eigenvalue weighted by atomic mass is 16.5. The number of aromatic nitrogens is 4. The van der Waals surface area contributed by atoms with Crippen LogP contribution in [0.3, 0.4) is 0 Å². The second-order valence-electron chi connectivity index (χ2n) is 6.63. The minimum Gasteiger partial charge on any atom is -0.462 e. The Balaban J connectivity index is 2.06. The molecule has 1 aliphatic rings. The predicted molar refractivity (Wildman–Crippen MR) is 96.8 cm³/mol. The van der Waals surface area contributed by atoms with Gasteiger partial charge in [0.2, 0.25) is 0 Å². The van der Waals surface area contributed by atoms with E-state index in [1.165, 1.54) is 6.20 Å². The van der Waals surface area contributed by atoms with Gasteiger partial charge in [-0.25, -0.2) is 14.5 Å². The highest BCUT2D eigenvalue weighted by Gasteiger charge is 2.28. The lowest BCUT2D eigenvalue weighted by molar-refractivity contribution is -0.00561.